The monoisotopic (exact) mass is 552 g/mol. The maximum absolute atomic E-state index is 15.3. The second kappa shape index (κ2) is 10.3. The summed E-state index contributed by atoms with van der Waals surface area (Å²) in [4.78, 5) is 10.4. The summed E-state index contributed by atoms with van der Waals surface area (Å²) >= 11 is 0. The summed E-state index contributed by atoms with van der Waals surface area (Å²) in [5, 5.41) is 0. The zero-order valence-corrected chi connectivity index (χ0v) is 24.4. The Labute approximate surface area is 232 Å². The van der Waals surface area contributed by atoms with Crippen molar-refractivity contribution in [1.29, 1.82) is 0 Å². The quantitative estimate of drug-likeness (QED) is 0.398. The van der Waals surface area contributed by atoms with E-state index in [4.69, 9.17) is 0 Å². The van der Waals surface area contributed by atoms with Gasteiger partial charge in [-0.3, -0.25) is 4.90 Å². The molecule has 6 rings (SSSR count). The van der Waals surface area contributed by atoms with Gasteiger partial charge < -0.3 is 9.47 Å². The highest BCUT2D eigenvalue weighted by Crippen LogP contribution is 2.40. The number of hydrogen-bond acceptors (Lipinski definition) is 5. The standard InChI is InChI=1S/C31H41FN4O2S/c1-20(2)19-36-24-7-8-25(36)18-26(17-24)35-13-11-21(12-14-35)23-15-28(32)30-29(16-23)34(3)31(33-30)22-5-9-27(10-6-22)39(4,37)38/h5-6,9-10,15-16,20-21,24-26H,7-8,11-14,17-19H2,1-4H3. The Balaban J connectivity index is 1.16. The topological polar surface area (TPSA) is 58.4 Å². The van der Waals surface area contributed by atoms with Crippen LogP contribution in [0.2, 0.25) is 0 Å². The van der Waals surface area contributed by atoms with E-state index in [0.29, 0.717) is 23.3 Å². The Morgan fingerprint density at radius 3 is 2.21 bits per heavy atom. The number of rotatable bonds is 6. The zero-order valence-electron chi connectivity index (χ0n) is 23.6. The van der Waals surface area contributed by atoms with Gasteiger partial charge in [0.25, 0.3) is 0 Å². The van der Waals surface area contributed by atoms with Crippen molar-refractivity contribution in [2.45, 2.75) is 81.3 Å². The molecule has 2 unspecified atom stereocenters. The molecule has 3 fully saturated rings. The Bertz CT molecular complexity index is 1440. The average Bonchev–Trinajstić information content (AvgIpc) is 3.34. The Kier molecular flexibility index (Phi) is 7.09. The smallest absolute Gasteiger partial charge is 0.175 e. The van der Waals surface area contributed by atoms with Crippen LogP contribution in [0.1, 0.15) is 63.9 Å². The van der Waals surface area contributed by atoms with Gasteiger partial charge in [0.1, 0.15) is 11.3 Å². The van der Waals surface area contributed by atoms with Crippen LogP contribution in [0.25, 0.3) is 22.4 Å². The fraction of sp³-hybridized carbons (Fsp3) is 0.581. The molecular formula is C31H41FN4O2S. The molecule has 4 heterocycles. The van der Waals surface area contributed by atoms with E-state index in [0.717, 1.165) is 60.6 Å². The van der Waals surface area contributed by atoms with E-state index in [2.05, 4.69) is 34.7 Å². The third-order valence-corrected chi connectivity index (χ3v) is 10.6. The molecule has 0 amide bonds. The van der Waals surface area contributed by atoms with Crippen LogP contribution < -0.4 is 0 Å². The SMILES string of the molecule is CC(C)CN1C2CCC1CC(N1CCC(c3cc(F)c4nc(-c5ccc(S(C)(=O)=O)cc5)n(C)c4c3)CC1)C2. The van der Waals surface area contributed by atoms with Crippen LogP contribution >= 0.6 is 0 Å². The first-order valence-corrected chi connectivity index (χ1v) is 16.4. The Morgan fingerprint density at radius 2 is 1.62 bits per heavy atom. The van der Waals surface area contributed by atoms with Crippen LogP contribution in [0.3, 0.4) is 0 Å². The van der Waals surface area contributed by atoms with E-state index in [9.17, 15) is 8.42 Å². The van der Waals surface area contributed by atoms with Crippen molar-refractivity contribution in [2.24, 2.45) is 13.0 Å². The van der Waals surface area contributed by atoms with Crippen molar-refractivity contribution in [3.63, 3.8) is 0 Å². The van der Waals surface area contributed by atoms with Crippen LogP contribution in [-0.4, -0.2) is 71.8 Å². The van der Waals surface area contributed by atoms with Crippen LogP contribution in [0.5, 0.6) is 0 Å². The molecule has 3 aliphatic rings. The van der Waals surface area contributed by atoms with Gasteiger partial charge in [-0.1, -0.05) is 13.8 Å². The maximum atomic E-state index is 15.3. The third kappa shape index (κ3) is 5.16. The molecule has 0 aliphatic carbocycles. The van der Waals surface area contributed by atoms with Crippen molar-refractivity contribution in [2.75, 3.05) is 25.9 Å². The van der Waals surface area contributed by atoms with Crippen molar-refractivity contribution in [3.05, 3.63) is 47.8 Å². The fourth-order valence-corrected chi connectivity index (χ4v) is 8.10. The molecule has 3 aromatic rings. The minimum absolute atomic E-state index is 0.263. The van der Waals surface area contributed by atoms with Gasteiger partial charge in [0.05, 0.1) is 10.4 Å². The molecule has 2 bridgehead atoms. The molecular weight excluding hydrogens is 511 g/mol. The molecule has 0 N–H and O–H groups in total. The van der Waals surface area contributed by atoms with Gasteiger partial charge in [-0.2, -0.15) is 0 Å². The minimum atomic E-state index is -3.27. The van der Waals surface area contributed by atoms with Gasteiger partial charge in [0.2, 0.25) is 0 Å². The van der Waals surface area contributed by atoms with Crippen LogP contribution in [-0.2, 0) is 16.9 Å². The molecule has 39 heavy (non-hydrogen) atoms. The largest absolute Gasteiger partial charge is 0.327 e. The molecule has 0 spiro atoms. The normalized spacial score (nSPS) is 25.2. The van der Waals surface area contributed by atoms with Crippen molar-refractivity contribution in [1.82, 2.24) is 19.4 Å². The van der Waals surface area contributed by atoms with Crippen LogP contribution in [0.15, 0.2) is 41.3 Å². The fourth-order valence-electron chi connectivity index (χ4n) is 7.47. The summed E-state index contributed by atoms with van der Waals surface area (Å²) < 4.78 is 40.9. The first-order chi connectivity index (χ1) is 18.6. The van der Waals surface area contributed by atoms with Crippen molar-refractivity contribution < 1.29 is 12.8 Å². The number of likely N-dealkylation sites (tertiary alicyclic amines) is 1. The summed E-state index contributed by atoms with van der Waals surface area (Å²) in [7, 11) is -1.37. The lowest BCUT2D eigenvalue weighted by molar-refractivity contribution is 0.0403. The lowest BCUT2D eigenvalue weighted by atomic mass is 9.86. The number of nitrogens with zero attached hydrogens (tertiary/aromatic N) is 4. The third-order valence-electron chi connectivity index (χ3n) is 9.46. The molecule has 210 valence electrons. The number of aryl methyl sites for hydroxylation is 1. The molecule has 3 saturated heterocycles. The van der Waals surface area contributed by atoms with Crippen molar-refractivity contribution in [3.8, 4) is 11.4 Å². The highest BCUT2D eigenvalue weighted by molar-refractivity contribution is 7.90. The van der Waals surface area contributed by atoms with Crippen molar-refractivity contribution >= 4 is 20.9 Å². The van der Waals surface area contributed by atoms with E-state index >= 15 is 4.39 Å². The first kappa shape index (κ1) is 26.9. The highest BCUT2D eigenvalue weighted by Gasteiger charge is 2.42. The van der Waals surface area contributed by atoms with Crippen LogP contribution in [0.4, 0.5) is 4.39 Å². The van der Waals surface area contributed by atoms with E-state index < -0.39 is 9.84 Å². The molecule has 6 nitrogen and oxygen atoms in total. The lowest BCUT2D eigenvalue weighted by Crippen LogP contribution is -2.52. The molecule has 2 atom stereocenters. The summed E-state index contributed by atoms with van der Waals surface area (Å²) in [6.07, 6.45) is 8.64. The number of imidazole rings is 1. The number of fused-ring (bicyclic) bond motifs is 3. The molecule has 8 heteroatoms. The number of benzene rings is 2. The minimum Gasteiger partial charge on any atom is -0.327 e. The van der Waals surface area contributed by atoms with Crippen LogP contribution in [0, 0.1) is 11.7 Å². The lowest BCUT2D eigenvalue weighted by Gasteiger charge is -2.46. The first-order valence-electron chi connectivity index (χ1n) is 14.5. The second-order valence-corrected chi connectivity index (χ2v) is 14.6. The van der Waals surface area contributed by atoms with Gasteiger partial charge in [-0.05, 0) is 105 Å². The Morgan fingerprint density at radius 1 is 0.974 bits per heavy atom. The second-order valence-electron chi connectivity index (χ2n) is 12.6. The molecule has 3 aliphatic heterocycles. The number of hydrogen-bond donors (Lipinski definition) is 0. The van der Waals surface area contributed by atoms with Gasteiger partial charge >= 0.3 is 0 Å². The van der Waals surface area contributed by atoms with Gasteiger partial charge in [0.15, 0.2) is 15.7 Å². The zero-order chi connectivity index (χ0) is 27.5. The highest BCUT2D eigenvalue weighted by atomic mass is 32.2. The molecule has 0 saturated carbocycles. The summed E-state index contributed by atoms with van der Waals surface area (Å²) in [5.74, 6) is 1.43. The molecule has 0 radical (unpaired) electrons. The number of sulfone groups is 1. The maximum Gasteiger partial charge on any atom is 0.175 e. The average molecular weight is 553 g/mol. The summed E-state index contributed by atoms with van der Waals surface area (Å²) in [5.41, 5.74) is 2.98. The summed E-state index contributed by atoms with van der Waals surface area (Å²) in [6, 6.07) is 12.7. The van der Waals surface area contributed by atoms with Gasteiger partial charge in [-0.25, -0.2) is 17.8 Å². The Hall–Kier alpha value is -2.29. The van der Waals surface area contributed by atoms with E-state index in [1.165, 1.54) is 38.5 Å². The van der Waals surface area contributed by atoms with Gasteiger partial charge in [-0.15, -0.1) is 0 Å². The van der Waals surface area contributed by atoms with E-state index in [-0.39, 0.29) is 10.7 Å². The number of aromatic nitrogens is 2. The predicted molar refractivity (Wildman–Crippen MR) is 154 cm³/mol. The van der Waals surface area contributed by atoms with E-state index in [1.54, 1.807) is 30.3 Å². The predicted octanol–water partition coefficient (Wildman–Crippen LogP) is 5.61. The van der Waals surface area contributed by atoms with Gasteiger partial charge in [0, 0.05) is 43.5 Å². The molecule has 2 aromatic carbocycles. The number of piperidine rings is 2. The molecule has 1 aromatic heterocycles. The van der Waals surface area contributed by atoms with E-state index in [1.807, 2.05) is 11.6 Å². The summed E-state index contributed by atoms with van der Waals surface area (Å²) in [6.45, 7) is 8.08. The number of halogens is 1.